The van der Waals surface area contributed by atoms with Gasteiger partial charge in [0.15, 0.2) is 0 Å². The molecule has 0 N–H and O–H groups in total. The second-order valence-corrected chi connectivity index (χ2v) is 6.06. The number of nitriles is 1. The number of nitrogens with zero attached hydrogens (tertiary/aromatic N) is 2. The van der Waals surface area contributed by atoms with Crippen molar-refractivity contribution in [2.45, 2.75) is 59.5 Å². The highest BCUT2D eigenvalue weighted by Crippen LogP contribution is 2.35. The Labute approximate surface area is 94.3 Å². The highest BCUT2D eigenvalue weighted by molar-refractivity contribution is 4.97. The second kappa shape index (κ2) is 4.53. The quantitative estimate of drug-likeness (QED) is 0.662. The van der Waals surface area contributed by atoms with Crippen LogP contribution in [0.5, 0.6) is 0 Å². The molecule has 1 heterocycles. The van der Waals surface area contributed by atoms with Crippen LogP contribution in [0.1, 0.15) is 47.5 Å². The maximum Gasteiger partial charge on any atom is 0.0656 e. The van der Waals surface area contributed by atoms with Gasteiger partial charge in [0.1, 0.15) is 0 Å². The average molecular weight is 208 g/mol. The summed E-state index contributed by atoms with van der Waals surface area (Å²) in [6.07, 6.45) is 2.08. The zero-order chi connectivity index (χ0) is 11.6. The van der Waals surface area contributed by atoms with E-state index < -0.39 is 0 Å². The van der Waals surface area contributed by atoms with Gasteiger partial charge >= 0.3 is 0 Å². The Kier molecular flexibility index (Phi) is 3.78. The first-order valence-electron chi connectivity index (χ1n) is 6.01. The molecule has 1 fully saturated rings. The molecule has 15 heavy (non-hydrogen) atoms. The van der Waals surface area contributed by atoms with E-state index in [-0.39, 0.29) is 11.3 Å². The average Bonchev–Trinajstić information content (AvgIpc) is 2.15. The summed E-state index contributed by atoms with van der Waals surface area (Å²) in [5.74, 6) is 0.268. The molecule has 0 saturated carbocycles. The molecule has 0 aromatic heterocycles. The van der Waals surface area contributed by atoms with Gasteiger partial charge < -0.3 is 0 Å². The third-order valence-corrected chi connectivity index (χ3v) is 3.49. The molecule has 1 rings (SSSR count). The summed E-state index contributed by atoms with van der Waals surface area (Å²) < 4.78 is 0. The van der Waals surface area contributed by atoms with Crippen LogP contribution >= 0.6 is 0 Å². The number of piperidine rings is 1. The third kappa shape index (κ3) is 2.95. The summed E-state index contributed by atoms with van der Waals surface area (Å²) in [6, 6.07) is 3.58. The van der Waals surface area contributed by atoms with E-state index in [1.54, 1.807) is 0 Å². The van der Waals surface area contributed by atoms with E-state index in [1.165, 1.54) is 0 Å². The van der Waals surface area contributed by atoms with Crippen molar-refractivity contribution in [1.29, 1.82) is 5.26 Å². The summed E-state index contributed by atoms with van der Waals surface area (Å²) >= 11 is 0. The molecule has 2 nitrogen and oxygen atoms in total. The normalized spacial score (nSPS) is 29.1. The van der Waals surface area contributed by atoms with Gasteiger partial charge in [0.05, 0.1) is 6.07 Å². The van der Waals surface area contributed by atoms with Gasteiger partial charge in [-0.25, -0.2) is 0 Å². The van der Waals surface area contributed by atoms with E-state index >= 15 is 0 Å². The van der Waals surface area contributed by atoms with Crippen LogP contribution < -0.4 is 0 Å². The number of hydrogen-bond donors (Lipinski definition) is 0. The maximum absolute atomic E-state index is 9.03. The molecule has 2 heteroatoms. The Morgan fingerprint density at radius 1 is 1.33 bits per heavy atom. The lowest BCUT2D eigenvalue weighted by Crippen LogP contribution is -2.52. The lowest BCUT2D eigenvalue weighted by atomic mass is 9.77. The van der Waals surface area contributed by atoms with Crippen molar-refractivity contribution in [3.05, 3.63) is 0 Å². The molecule has 0 amide bonds. The van der Waals surface area contributed by atoms with Gasteiger partial charge in [-0.05, 0) is 38.6 Å². The minimum Gasteiger partial charge on any atom is -0.297 e. The standard InChI is InChI=1S/C13H24N2/c1-10(2)15-7-6-11(9-14)8-12(15)13(3,4)5/h10-12H,6-8H2,1-5H3. The fraction of sp³-hybridized carbons (Fsp3) is 0.923. The molecule has 86 valence electrons. The largest absolute Gasteiger partial charge is 0.297 e. The molecular weight excluding hydrogens is 184 g/mol. The Morgan fingerprint density at radius 3 is 2.33 bits per heavy atom. The van der Waals surface area contributed by atoms with Crippen LogP contribution in [0.15, 0.2) is 0 Å². The van der Waals surface area contributed by atoms with Crippen LogP contribution in [0.2, 0.25) is 0 Å². The van der Waals surface area contributed by atoms with Gasteiger partial charge in [-0.1, -0.05) is 20.8 Å². The highest BCUT2D eigenvalue weighted by atomic mass is 15.2. The van der Waals surface area contributed by atoms with Crippen molar-refractivity contribution in [3.63, 3.8) is 0 Å². The van der Waals surface area contributed by atoms with Gasteiger partial charge in [0.2, 0.25) is 0 Å². The van der Waals surface area contributed by atoms with E-state index in [1.807, 2.05) is 0 Å². The summed E-state index contributed by atoms with van der Waals surface area (Å²) in [5, 5.41) is 9.03. The smallest absolute Gasteiger partial charge is 0.0656 e. The summed E-state index contributed by atoms with van der Waals surface area (Å²) in [7, 11) is 0. The first kappa shape index (κ1) is 12.5. The van der Waals surface area contributed by atoms with Crippen molar-refractivity contribution >= 4 is 0 Å². The number of likely N-dealkylation sites (tertiary alicyclic amines) is 1. The first-order valence-corrected chi connectivity index (χ1v) is 6.01. The van der Waals surface area contributed by atoms with Crippen LogP contribution in [0, 0.1) is 22.7 Å². The van der Waals surface area contributed by atoms with Crippen molar-refractivity contribution in [3.8, 4) is 6.07 Å². The molecule has 0 spiro atoms. The van der Waals surface area contributed by atoms with E-state index in [4.69, 9.17) is 5.26 Å². The molecule has 0 aromatic carbocycles. The van der Waals surface area contributed by atoms with Crippen LogP contribution in [0.3, 0.4) is 0 Å². The van der Waals surface area contributed by atoms with E-state index in [0.717, 1.165) is 19.4 Å². The molecule has 2 unspecified atom stereocenters. The van der Waals surface area contributed by atoms with E-state index in [2.05, 4.69) is 45.6 Å². The van der Waals surface area contributed by atoms with Crippen LogP contribution in [-0.2, 0) is 0 Å². The van der Waals surface area contributed by atoms with Gasteiger partial charge in [-0.3, -0.25) is 4.90 Å². The predicted octanol–water partition coefficient (Wildman–Crippen LogP) is 3.05. The molecule has 0 bridgehead atoms. The van der Waals surface area contributed by atoms with Crippen molar-refractivity contribution in [1.82, 2.24) is 4.90 Å². The van der Waals surface area contributed by atoms with Crippen LogP contribution in [-0.4, -0.2) is 23.5 Å². The fourth-order valence-electron chi connectivity index (χ4n) is 2.57. The Balaban J connectivity index is 2.79. The Morgan fingerprint density at radius 2 is 1.93 bits per heavy atom. The topological polar surface area (TPSA) is 27.0 Å². The van der Waals surface area contributed by atoms with Crippen LogP contribution in [0.25, 0.3) is 0 Å². The van der Waals surface area contributed by atoms with Crippen LogP contribution in [0.4, 0.5) is 0 Å². The minimum absolute atomic E-state index is 0.268. The second-order valence-electron chi connectivity index (χ2n) is 6.06. The molecule has 2 atom stereocenters. The summed E-state index contributed by atoms with van der Waals surface area (Å²) in [6.45, 7) is 12.4. The van der Waals surface area contributed by atoms with Gasteiger partial charge in [-0.15, -0.1) is 0 Å². The summed E-state index contributed by atoms with van der Waals surface area (Å²) in [5.41, 5.74) is 0.278. The highest BCUT2D eigenvalue weighted by Gasteiger charge is 2.37. The monoisotopic (exact) mass is 208 g/mol. The molecule has 0 radical (unpaired) electrons. The number of hydrogen-bond acceptors (Lipinski definition) is 2. The predicted molar refractivity (Wildman–Crippen MR) is 63.4 cm³/mol. The zero-order valence-electron chi connectivity index (χ0n) is 10.7. The Hall–Kier alpha value is -0.550. The molecule has 1 aliphatic heterocycles. The van der Waals surface area contributed by atoms with Crippen molar-refractivity contribution in [2.24, 2.45) is 11.3 Å². The third-order valence-electron chi connectivity index (χ3n) is 3.49. The molecule has 0 aromatic rings. The van der Waals surface area contributed by atoms with E-state index in [0.29, 0.717) is 12.1 Å². The zero-order valence-corrected chi connectivity index (χ0v) is 10.7. The molecule has 1 aliphatic rings. The lowest BCUT2D eigenvalue weighted by molar-refractivity contribution is 0.0264. The molecule has 0 aliphatic carbocycles. The number of rotatable bonds is 1. The minimum atomic E-state index is 0.268. The van der Waals surface area contributed by atoms with Gasteiger partial charge in [0.25, 0.3) is 0 Å². The first-order chi connectivity index (χ1) is 6.86. The Bertz CT molecular complexity index is 244. The molecular formula is C13H24N2. The maximum atomic E-state index is 9.03. The lowest BCUT2D eigenvalue weighted by Gasteiger charge is -2.46. The summed E-state index contributed by atoms with van der Waals surface area (Å²) in [4.78, 5) is 2.56. The SMILES string of the molecule is CC(C)N1CCC(C#N)CC1C(C)(C)C. The van der Waals surface area contributed by atoms with Gasteiger partial charge in [0, 0.05) is 18.0 Å². The van der Waals surface area contributed by atoms with E-state index in [9.17, 15) is 0 Å². The molecule has 1 saturated heterocycles. The van der Waals surface area contributed by atoms with Crippen molar-refractivity contribution < 1.29 is 0 Å². The van der Waals surface area contributed by atoms with Crippen molar-refractivity contribution in [2.75, 3.05) is 6.54 Å². The van der Waals surface area contributed by atoms with Gasteiger partial charge in [-0.2, -0.15) is 5.26 Å². The fourth-order valence-corrected chi connectivity index (χ4v) is 2.57.